The van der Waals surface area contributed by atoms with Gasteiger partial charge >= 0.3 is 12.3 Å². The number of halogens is 3. The first-order chi connectivity index (χ1) is 13.0. The molecule has 1 aromatic rings. The van der Waals surface area contributed by atoms with Gasteiger partial charge in [-0.3, -0.25) is 9.78 Å². The molecule has 2 aliphatic rings. The van der Waals surface area contributed by atoms with Gasteiger partial charge in [-0.2, -0.15) is 13.2 Å². The molecule has 1 amide bonds. The predicted molar refractivity (Wildman–Crippen MR) is 95.8 cm³/mol. The van der Waals surface area contributed by atoms with Crippen molar-refractivity contribution in [1.82, 2.24) is 9.88 Å². The van der Waals surface area contributed by atoms with Crippen LogP contribution in [-0.2, 0) is 10.9 Å². The van der Waals surface area contributed by atoms with Gasteiger partial charge in [-0.05, 0) is 65.0 Å². The van der Waals surface area contributed by atoms with E-state index in [1.54, 1.807) is 25.7 Å². The van der Waals surface area contributed by atoms with Crippen LogP contribution in [0.2, 0.25) is 0 Å². The van der Waals surface area contributed by atoms with Crippen LogP contribution in [0.1, 0.15) is 68.9 Å². The molecule has 0 saturated carbocycles. The van der Waals surface area contributed by atoms with E-state index in [2.05, 4.69) is 4.98 Å². The molecule has 0 N–H and O–H groups in total. The summed E-state index contributed by atoms with van der Waals surface area (Å²) < 4.78 is 45.3. The van der Waals surface area contributed by atoms with Gasteiger partial charge in [0, 0.05) is 24.2 Å². The Morgan fingerprint density at radius 1 is 1.14 bits per heavy atom. The van der Waals surface area contributed by atoms with Crippen molar-refractivity contribution in [2.75, 3.05) is 0 Å². The van der Waals surface area contributed by atoms with E-state index in [-0.39, 0.29) is 12.1 Å². The van der Waals surface area contributed by atoms with Gasteiger partial charge in [-0.25, -0.2) is 4.79 Å². The van der Waals surface area contributed by atoms with E-state index in [9.17, 15) is 22.8 Å². The van der Waals surface area contributed by atoms with E-state index in [1.807, 2.05) is 0 Å². The quantitative estimate of drug-likeness (QED) is 0.668. The number of carbonyl (C=O) groups is 2. The third-order valence-corrected chi connectivity index (χ3v) is 5.30. The molecule has 0 aromatic carbocycles. The number of fused-ring (bicyclic) bond motifs is 2. The maximum atomic E-state index is 13.3. The van der Waals surface area contributed by atoms with E-state index in [1.165, 1.54) is 12.3 Å². The fourth-order valence-electron chi connectivity index (χ4n) is 4.23. The van der Waals surface area contributed by atoms with Crippen molar-refractivity contribution in [2.24, 2.45) is 5.92 Å². The molecule has 0 spiro atoms. The van der Waals surface area contributed by atoms with Crippen LogP contribution in [0.3, 0.4) is 0 Å². The lowest BCUT2D eigenvalue weighted by Gasteiger charge is -2.48. The number of aromatic nitrogens is 1. The molecule has 5 nitrogen and oxygen atoms in total. The number of hydrogen-bond acceptors (Lipinski definition) is 4. The zero-order valence-electron chi connectivity index (χ0n) is 16.3. The lowest BCUT2D eigenvalue weighted by molar-refractivity contribution is -0.138. The number of hydrogen-bond donors (Lipinski definition) is 0. The molecular weight excluding hydrogens is 373 g/mol. The Morgan fingerprint density at radius 3 is 2.29 bits per heavy atom. The van der Waals surface area contributed by atoms with Crippen molar-refractivity contribution in [3.05, 3.63) is 29.6 Å². The molecular formula is C20H25F3N2O3. The van der Waals surface area contributed by atoms with Gasteiger partial charge in [0.2, 0.25) is 0 Å². The molecule has 2 fully saturated rings. The second-order valence-corrected chi connectivity index (χ2v) is 8.56. The summed E-state index contributed by atoms with van der Waals surface area (Å²) in [6.45, 7) is 5.37. The Labute approximate surface area is 162 Å². The fourth-order valence-corrected chi connectivity index (χ4v) is 4.23. The van der Waals surface area contributed by atoms with Crippen LogP contribution in [0.25, 0.3) is 0 Å². The number of carbonyl (C=O) groups excluding carboxylic acids is 2. The minimum Gasteiger partial charge on any atom is -0.444 e. The van der Waals surface area contributed by atoms with Gasteiger partial charge in [0.15, 0.2) is 5.78 Å². The third kappa shape index (κ3) is 4.31. The summed E-state index contributed by atoms with van der Waals surface area (Å²) in [7, 11) is 0. The SMILES string of the molecule is CC(C)(C)OC(=O)N1C2CCCC1CC(C(=O)c1ncccc1C(F)(F)F)C2. The average Bonchev–Trinajstić information content (AvgIpc) is 2.57. The van der Waals surface area contributed by atoms with Crippen LogP contribution in [0, 0.1) is 5.92 Å². The van der Waals surface area contributed by atoms with E-state index < -0.39 is 40.8 Å². The Morgan fingerprint density at radius 2 is 1.75 bits per heavy atom. The molecule has 2 bridgehead atoms. The Hall–Kier alpha value is -2.12. The lowest BCUT2D eigenvalue weighted by Crippen LogP contribution is -2.56. The first-order valence-corrected chi connectivity index (χ1v) is 9.55. The second-order valence-electron chi connectivity index (χ2n) is 8.56. The highest BCUT2D eigenvalue weighted by Crippen LogP contribution is 2.40. The summed E-state index contributed by atoms with van der Waals surface area (Å²) in [5.41, 5.74) is -2.16. The topological polar surface area (TPSA) is 59.5 Å². The highest BCUT2D eigenvalue weighted by molar-refractivity contribution is 5.97. The summed E-state index contributed by atoms with van der Waals surface area (Å²) >= 11 is 0. The summed E-state index contributed by atoms with van der Waals surface area (Å²) in [5.74, 6) is -1.17. The van der Waals surface area contributed by atoms with Crippen molar-refractivity contribution in [3.8, 4) is 0 Å². The smallest absolute Gasteiger partial charge is 0.418 e. The third-order valence-electron chi connectivity index (χ3n) is 5.30. The molecule has 0 aliphatic carbocycles. The molecule has 3 rings (SSSR count). The number of Topliss-reactive ketones (excluding diaryl/α,β-unsaturated/α-hetero) is 1. The first-order valence-electron chi connectivity index (χ1n) is 9.55. The largest absolute Gasteiger partial charge is 0.444 e. The molecule has 8 heteroatoms. The molecule has 2 saturated heterocycles. The van der Waals surface area contributed by atoms with Crippen molar-refractivity contribution in [1.29, 1.82) is 0 Å². The van der Waals surface area contributed by atoms with Gasteiger partial charge in [0.1, 0.15) is 11.3 Å². The molecule has 3 heterocycles. The Balaban J connectivity index is 1.81. The maximum Gasteiger partial charge on any atom is 0.418 e. The normalized spacial score (nSPS) is 25.4. The van der Waals surface area contributed by atoms with Crippen LogP contribution in [0.4, 0.5) is 18.0 Å². The molecule has 0 radical (unpaired) electrons. The fraction of sp³-hybridized carbons (Fsp3) is 0.650. The Bertz CT molecular complexity index is 744. The molecule has 28 heavy (non-hydrogen) atoms. The van der Waals surface area contributed by atoms with Crippen LogP contribution in [-0.4, -0.2) is 39.4 Å². The predicted octanol–water partition coefficient (Wildman–Crippen LogP) is 4.85. The average molecular weight is 398 g/mol. The highest BCUT2D eigenvalue weighted by atomic mass is 19.4. The summed E-state index contributed by atoms with van der Waals surface area (Å²) in [6, 6.07) is 1.67. The molecule has 1 aromatic heterocycles. The highest BCUT2D eigenvalue weighted by Gasteiger charge is 2.46. The van der Waals surface area contributed by atoms with Crippen LogP contribution < -0.4 is 0 Å². The summed E-state index contributed by atoms with van der Waals surface area (Å²) in [5, 5.41) is 0. The van der Waals surface area contributed by atoms with E-state index >= 15 is 0 Å². The number of nitrogens with zero attached hydrogens (tertiary/aromatic N) is 2. The molecule has 154 valence electrons. The monoisotopic (exact) mass is 398 g/mol. The lowest BCUT2D eigenvalue weighted by atomic mass is 9.76. The van der Waals surface area contributed by atoms with Crippen LogP contribution in [0.15, 0.2) is 18.3 Å². The number of pyridine rings is 1. The minimum absolute atomic E-state index is 0.200. The van der Waals surface area contributed by atoms with Crippen LogP contribution >= 0.6 is 0 Å². The van der Waals surface area contributed by atoms with Gasteiger partial charge in [0.05, 0.1) is 5.56 Å². The molecule has 2 atom stereocenters. The number of alkyl halides is 3. The Kier molecular flexibility index (Phi) is 5.42. The molecule has 2 aliphatic heterocycles. The molecule has 2 unspecified atom stereocenters. The number of rotatable bonds is 2. The van der Waals surface area contributed by atoms with E-state index in [0.717, 1.165) is 12.5 Å². The number of ether oxygens (including phenoxy) is 1. The van der Waals surface area contributed by atoms with Crippen molar-refractivity contribution >= 4 is 11.9 Å². The number of ketones is 1. The number of amides is 1. The van der Waals surface area contributed by atoms with E-state index in [4.69, 9.17) is 4.74 Å². The van der Waals surface area contributed by atoms with Crippen molar-refractivity contribution in [2.45, 2.75) is 76.7 Å². The van der Waals surface area contributed by atoms with Gasteiger partial charge in [-0.15, -0.1) is 0 Å². The summed E-state index contributed by atoms with van der Waals surface area (Å²) in [6.07, 6.45) is -0.813. The van der Waals surface area contributed by atoms with Gasteiger partial charge < -0.3 is 9.64 Å². The number of piperidine rings is 2. The van der Waals surface area contributed by atoms with Crippen molar-refractivity contribution in [3.63, 3.8) is 0 Å². The van der Waals surface area contributed by atoms with Gasteiger partial charge in [-0.1, -0.05) is 0 Å². The second kappa shape index (κ2) is 7.37. The first kappa shape index (κ1) is 20.6. The van der Waals surface area contributed by atoms with Crippen molar-refractivity contribution < 1.29 is 27.5 Å². The van der Waals surface area contributed by atoms with Crippen LogP contribution in [0.5, 0.6) is 0 Å². The summed E-state index contributed by atoms with van der Waals surface area (Å²) in [4.78, 5) is 31.0. The minimum atomic E-state index is -4.63. The van der Waals surface area contributed by atoms with E-state index in [0.29, 0.717) is 25.7 Å². The standard InChI is InChI=1S/C20H25F3N2O3/c1-19(2,3)28-18(27)25-13-6-4-7-14(25)11-12(10-13)17(26)16-15(20(21,22)23)8-5-9-24-16/h5,8-9,12-14H,4,6-7,10-11H2,1-3H3. The zero-order valence-corrected chi connectivity index (χ0v) is 16.3. The zero-order chi connectivity index (χ0) is 20.7. The van der Waals surface area contributed by atoms with Gasteiger partial charge in [0.25, 0.3) is 0 Å². The maximum absolute atomic E-state index is 13.3.